The summed E-state index contributed by atoms with van der Waals surface area (Å²) in [6.45, 7) is 5.30. The van der Waals surface area contributed by atoms with E-state index in [1.807, 2.05) is 30.3 Å². The molecule has 1 atom stereocenters. The van der Waals surface area contributed by atoms with E-state index in [0.717, 1.165) is 38.3 Å². The normalized spacial score (nSPS) is 17.8. The molecule has 1 saturated heterocycles. The number of likely N-dealkylation sites (tertiary alicyclic amines) is 1. The Morgan fingerprint density at radius 2 is 1.96 bits per heavy atom. The van der Waals surface area contributed by atoms with E-state index < -0.39 is 0 Å². The summed E-state index contributed by atoms with van der Waals surface area (Å²) in [7, 11) is 4.23. The molecule has 5 nitrogen and oxygen atoms in total. The highest BCUT2D eigenvalue weighted by Crippen LogP contribution is 2.17. The number of rotatable bonds is 8. The number of nitrogens with zero attached hydrogens (tertiary/aromatic N) is 2. The number of nitrogens with two attached hydrogens (primary N) is 1. The van der Waals surface area contributed by atoms with Gasteiger partial charge in [0.15, 0.2) is 0 Å². The van der Waals surface area contributed by atoms with Crippen LogP contribution >= 0.6 is 0 Å². The predicted octanol–water partition coefficient (Wildman–Crippen LogP) is 1.47. The molecule has 1 aliphatic heterocycles. The van der Waals surface area contributed by atoms with Gasteiger partial charge in [0.05, 0.1) is 0 Å². The lowest BCUT2D eigenvalue weighted by Gasteiger charge is -2.32. The van der Waals surface area contributed by atoms with Crippen molar-refractivity contribution in [3.8, 4) is 0 Å². The quantitative estimate of drug-likeness (QED) is 0.757. The predicted molar refractivity (Wildman–Crippen MR) is 98.7 cm³/mol. The molecule has 0 aromatic heterocycles. The summed E-state index contributed by atoms with van der Waals surface area (Å²) in [5, 5.41) is 3.07. The van der Waals surface area contributed by atoms with Crippen molar-refractivity contribution in [1.82, 2.24) is 15.1 Å². The number of carbonyl (C=O) groups excluding carboxylic acids is 1. The van der Waals surface area contributed by atoms with Crippen molar-refractivity contribution in [3.63, 3.8) is 0 Å². The zero-order valence-electron chi connectivity index (χ0n) is 15.1. The minimum atomic E-state index is -0.223. The van der Waals surface area contributed by atoms with Crippen molar-refractivity contribution in [2.45, 2.75) is 25.3 Å². The van der Waals surface area contributed by atoms with Crippen LogP contribution < -0.4 is 11.1 Å². The largest absolute Gasteiger partial charge is 0.356 e. The van der Waals surface area contributed by atoms with E-state index in [0.29, 0.717) is 12.3 Å². The molecule has 2 rings (SSSR count). The van der Waals surface area contributed by atoms with Crippen molar-refractivity contribution >= 4 is 5.91 Å². The number of benzene rings is 1. The van der Waals surface area contributed by atoms with E-state index in [4.69, 9.17) is 5.73 Å². The van der Waals surface area contributed by atoms with Gasteiger partial charge in [-0.2, -0.15) is 0 Å². The molecule has 0 radical (unpaired) electrons. The molecule has 1 amide bonds. The second-order valence-corrected chi connectivity index (χ2v) is 7.11. The highest BCUT2D eigenvalue weighted by molar-refractivity contribution is 5.76. The first-order valence-corrected chi connectivity index (χ1v) is 8.99. The van der Waals surface area contributed by atoms with Gasteiger partial charge in [-0.15, -0.1) is 0 Å². The summed E-state index contributed by atoms with van der Waals surface area (Å²) in [5.74, 6) is 0.652. The second-order valence-electron chi connectivity index (χ2n) is 7.11. The van der Waals surface area contributed by atoms with Crippen LogP contribution in [0, 0.1) is 5.92 Å². The van der Waals surface area contributed by atoms with E-state index in [1.165, 1.54) is 12.8 Å². The maximum Gasteiger partial charge on any atom is 0.221 e. The Morgan fingerprint density at radius 3 is 2.58 bits per heavy atom. The molecule has 1 unspecified atom stereocenters. The second kappa shape index (κ2) is 9.77. The highest BCUT2D eigenvalue weighted by Gasteiger charge is 2.20. The highest BCUT2D eigenvalue weighted by atomic mass is 16.1. The standard InChI is InChI=1S/C19H32N4O/c1-22(2)12-13-23-10-8-16(9-11-23)15-21-19(24)14-18(20)17-6-4-3-5-7-17/h3-7,16,18H,8-15,20H2,1-2H3,(H,21,24). The fourth-order valence-corrected chi connectivity index (χ4v) is 3.10. The van der Waals surface area contributed by atoms with Crippen LogP contribution in [-0.4, -0.2) is 62.5 Å². The van der Waals surface area contributed by atoms with Crippen molar-refractivity contribution in [1.29, 1.82) is 0 Å². The lowest BCUT2D eigenvalue weighted by molar-refractivity contribution is -0.121. The lowest BCUT2D eigenvalue weighted by atomic mass is 9.96. The summed E-state index contributed by atoms with van der Waals surface area (Å²) in [5.41, 5.74) is 7.12. The number of likely N-dealkylation sites (N-methyl/N-ethyl adjacent to an activating group) is 1. The molecule has 134 valence electrons. The first-order valence-electron chi connectivity index (χ1n) is 8.99. The van der Waals surface area contributed by atoms with Gasteiger partial charge in [0.25, 0.3) is 0 Å². The molecular weight excluding hydrogens is 300 g/mol. The summed E-state index contributed by atoms with van der Waals surface area (Å²) < 4.78 is 0. The minimum absolute atomic E-state index is 0.0568. The smallest absolute Gasteiger partial charge is 0.221 e. The molecule has 0 spiro atoms. The summed E-state index contributed by atoms with van der Waals surface area (Å²) in [6, 6.07) is 9.59. The van der Waals surface area contributed by atoms with E-state index in [-0.39, 0.29) is 11.9 Å². The zero-order chi connectivity index (χ0) is 17.4. The van der Waals surface area contributed by atoms with Gasteiger partial charge in [0, 0.05) is 32.1 Å². The van der Waals surface area contributed by atoms with Gasteiger partial charge >= 0.3 is 0 Å². The first kappa shape index (κ1) is 18.9. The topological polar surface area (TPSA) is 61.6 Å². The van der Waals surface area contributed by atoms with Crippen molar-refractivity contribution < 1.29 is 4.79 Å². The van der Waals surface area contributed by atoms with Crippen LogP contribution in [0.4, 0.5) is 0 Å². The molecule has 5 heteroatoms. The van der Waals surface area contributed by atoms with E-state index >= 15 is 0 Å². The maximum absolute atomic E-state index is 12.1. The number of carbonyl (C=O) groups is 1. The van der Waals surface area contributed by atoms with Gasteiger partial charge in [0.1, 0.15) is 0 Å². The molecule has 1 fully saturated rings. The van der Waals surface area contributed by atoms with E-state index in [9.17, 15) is 4.79 Å². The molecule has 1 aliphatic rings. The monoisotopic (exact) mass is 332 g/mol. The number of amides is 1. The summed E-state index contributed by atoms with van der Waals surface area (Å²) in [6.07, 6.45) is 2.68. The molecule has 1 aromatic rings. The minimum Gasteiger partial charge on any atom is -0.356 e. The van der Waals surface area contributed by atoms with E-state index in [2.05, 4.69) is 29.2 Å². The van der Waals surface area contributed by atoms with Crippen LogP contribution in [0.3, 0.4) is 0 Å². The third-order valence-corrected chi connectivity index (χ3v) is 4.79. The molecule has 0 bridgehead atoms. The van der Waals surface area contributed by atoms with Gasteiger partial charge < -0.3 is 20.9 Å². The Kier molecular flexibility index (Phi) is 7.69. The Bertz CT molecular complexity index is 483. The maximum atomic E-state index is 12.1. The number of hydrogen-bond acceptors (Lipinski definition) is 4. The van der Waals surface area contributed by atoms with Crippen LogP contribution in [0.1, 0.15) is 30.9 Å². The SMILES string of the molecule is CN(C)CCN1CCC(CNC(=O)CC(N)c2ccccc2)CC1. The van der Waals surface area contributed by atoms with Crippen LogP contribution in [-0.2, 0) is 4.79 Å². The molecule has 24 heavy (non-hydrogen) atoms. The van der Waals surface area contributed by atoms with Crippen LogP contribution in [0.2, 0.25) is 0 Å². The molecule has 0 saturated carbocycles. The number of nitrogens with one attached hydrogen (secondary N) is 1. The third kappa shape index (κ3) is 6.59. The third-order valence-electron chi connectivity index (χ3n) is 4.79. The fourth-order valence-electron chi connectivity index (χ4n) is 3.10. The molecular formula is C19H32N4O. The van der Waals surface area contributed by atoms with Gasteiger partial charge in [-0.3, -0.25) is 4.79 Å². The van der Waals surface area contributed by atoms with E-state index in [1.54, 1.807) is 0 Å². The van der Waals surface area contributed by atoms with Gasteiger partial charge in [-0.1, -0.05) is 30.3 Å². The van der Waals surface area contributed by atoms with Crippen LogP contribution in [0.25, 0.3) is 0 Å². The Hall–Kier alpha value is -1.43. The molecule has 0 aliphatic carbocycles. The average Bonchev–Trinajstić information content (AvgIpc) is 2.59. The summed E-state index contributed by atoms with van der Waals surface area (Å²) in [4.78, 5) is 16.8. The van der Waals surface area contributed by atoms with Crippen molar-refractivity contribution in [2.24, 2.45) is 11.7 Å². The molecule has 3 N–H and O–H groups in total. The number of piperidine rings is 1. The van der Waals surface area contributed by atoms with Gasteiger partial charge in [-0.25, -0.2) is 0 Å². The van der Waals surface area contributed by atoms with Gasteiger partial charge in [0.2, 0.25) is 5.91 Å². The number of hydrogen-bond donors (Lipinski definition) is 2. The summed E-state index contributed by atoms with van der Waals surface area (Å²) >= 11 is 0. The van der Waals surface area contributed by atoms with Crippen LogP contribution in [0.5, 0.6) is 0 Å². The zero-order valence-corrected chi connectivity index (χ0v) is 15.1. The Morgan fingerprint density at radius 1 is 1.29 bits per heavy atom. The Balaban J connectivity index is 1.63. The Labute approximate surface area is 146 Å². The molecule has 1 heterocycles. The lowest BCUT2D eigenvalue weighted by Crippen LogP contribution is -2.41. The fraction of sp³-hybridized carbons (Fsp3) is 0.632. The van der Waals surface area contributed by atoms with Crippen LogP contribution in [0.15, 0.2) is 30.3 Å². The average molecular weight is 332 g/mol. The van der Waals surface area contributed by atoms with Crippen molar-refractivity contribution in [3.05, 3.63) is 35.9 Å². The first-order chi connectivity index (χ1) is 11.5. The van der Waals surface area contributed by atoms with Crippen molar-refractivity contribution in [2.75, 3.05) is 46.8 Å². The van der Waals surface area contributed by atoms with Gasteiger partial charge in [-0.05, 0) is 51.5 Å². The molecule has 1 aromatic carbocycles.